The van der Waals surface area contributed by atoms with Crippen LogP contribution in [-0.4, -0.2) is 38.1 Å². The largest absolute Gasteiger partial charge is 0.507 e. The SMILES string of the molecule is COC(CN/C=C(/C#N)C(=O)Nc1cccc2c(O)cccc12)OC. The Kier molecular flexibility index (Phi) is 6.34. The van der Waals surface area contributed by atoms with Gasteiger partial charge in [0.15, 0.2) is 6.29 Å². The van der Waals surface area contributed by atoms with Gasteiger partial charge in [-0.3, -0.25) is 4.79 Å². The molecule has 0 saturated heterocycles. The summed E-state index contributed by atoms with van der Waals surface area (Å²) in [6, 6.07) is 12.0. The maximum Gasteiger partial charge on any atom is 0.267 e. The van der Waals surface area contributed by atoms with Gasteiger partial charge in [0, 0.05) is 36.9 Å². The molecule has 0 aliphatic heterocycles. The van der Waals surface area contributed by atoms with Crippen LogP contribution in [0.2, 0.25) is 0 Å². The minimum absolute atomic E-state index is 0.0943. The van der Waals surface area contributed by atoms with Gasteiger partial charge < -0.3 is 25.2 Å². The Balaban J connectivity index is 2.15. The van der Waals surface area contributed by atoms with E-state index in [0.717, 1.165) is 0 Å². The number of hydrogen-bond acceptors (Lipinski definition) is 6. The molecular formula is C18H19N3O4. The van der Waals surface area contributed by atoms with Gasteiger partial charge in [-0.25, -0.2) is 0 Å². The zero-order valence-electron chi connectivity index (χ0n) is 13.9. The summed E-state index contributed by atoms with van der Waals surface area (Å²) >= 11 is 0. The molecule has 0 saturated carbocycles. The Hall–Kier alpha value is -3.08. The molecule has 25 heavy (non-hydrogen) atoms. The Morgan fingerprint density at radius 3 is 2.60 bits per heavy atom. The highest BCUT2D eigenvalue weighted by atomic mass is 16.7. The monoisotopic (exact) mass is 341 g/mol. The van der Waals surface area contributed by atoms with E-state index in [4.69, 9.17) is 9.47 Å². The maximum atomic E-state index is 12.3. The van der Waals surface area contributed by atoms with E-state index in [9.17, 15) is 15.2 Å². The summed E-state index contributed by atoms with van der Waals surface area (Å²) in [6.45, 7) is 0.285. The molecular weight excluding hydrogens is 322 g/mol. The first-order valence-electron chi connectivity index (χ1n) is 7.52. The molecule has 130 valence electrons. The van der Waals surface area contributed by atoms with E-state index in [1.54, 1.807) is 36.4 Å². The minimum atomic E-state index is -0.558. The topological polar surface area (TPSA) is 104 Å². The number of nitrogens with zero attached hydrogens (tertiary/aromatic N) is 1. The first-order chi connectivity index (χ1) is 12.1. The molecule has 0 spiro atoms. The van der Waals surface area contributed by atoms with Crippen molar-refractivity contribution in [1.29, 1.82) is 5.26 Å². The van der Waals surface area contributed by atoms with Crippen LogP contribution in [0.25, 0.3) is 10.8 Å². The summed E-state index contributed by atoms with van der Waals surface area (Å²) < 4.78 is 10.0. The molecule has 0 heterocycles. The number of nitrogens with one attached hydrogen (secondary N) is 2. The Bertz CT molecular complexity index is 823. The predicted octanol–water partition coefficient (Wildman–Crippen LogP) is 2.10. The first-order valence-corrected chi connectivity index (χ1v) is 7.52. The van der Waals surface area contributed by atoms with Crippen LogP contribution < -0.4 is 10.6 Å². The van der Waals surface area contributed by atoms with E-state index in [1.165, 1.54) is 20.4 Å². The number of benzene rings is 2. The van der Waals surface area contributed by atoms with Gasteiger partial charge in [-0.15, -0.1) is 0 Å². The molecule has 0 aromatic heterocycles. The summed E-state index contributed by atoms with van der Waals surface area (Å²) in [6.07, 6.45) is 0.823. The molecule has 0 atom stereocenters. The molecule has 0 radical (unpaired) electrons. The van der Waals surface area contributed by atoms with Crippen LogP contribution in [0.4, 0.5) is 5.69 Å². The lowest BCUT2D eigenvalue weighted by Crippen LogP contribution is -2.27. The number of fused-ring (bicyclic) bond motifs is 1. The van der Waals surface area contributed by atoms with Crippen molar-refractivity contribution < 1.29 is 19.4 Å². The smallest absolute Gasteiger partial charge is 0.267 e. The van der Waals surface area contributed by atoms with Crippen LogP contribution in [0.3, 0.4) is 0 Å². The van der Waals surface area contributed by atoms with Crippen LogP contribution in [0.1, 0.15) is 0 Å². The number of rotatable bonds is 7. The molecule has 3 N–H and O–H groups in total. The van der Waals surface area contributed by atoms with Gasteiger partial charge in [0.25, 0.3) is 5.91 Å². The number of nitriles is 1. The fraction of sp³-hybridized carbons (Fsp3) is 0.222. The van der Waals surface area contributed by atoms with Crippen LogP contribution in [-0.2, 0) is 14.3 Å². The van der Waals surface area contributed by atoms with Gasteiger partial charge in [-0.05, 0) is 12.1 Å². The molecule has 2 rings (SSSR count). The van der Waals surface area contributed by atoms with Crippen molar-refractivity contribution in [3.05, 3.63) is 48.2 Å². The van der Waals surface area contributed by atoms with Gasteiger partial charge >= 0.3 is 0 Å². The van der Waals surface area contributed by atoms with E-state index in [2.05, 4.69) is 10.6 Å². The van der Waals surface area contributed by atoms with Crippen LogP contribution in [0.5, 0.6) is 5.75 Å². The van der Waals surface area contributed by atoms with Crippen molar-refractivity contribution in [2.75, 3.05) is 26.1 Å². The average molecular weight is 341 g/mol. The van der Waals surface area contributed by atoms with Gasteiger partial charge in [0.2, 0.25) is 0 Å². The third-order valence-corrected chi connectivity index (χ3v) is 3.57. The Morgan fingerprint density at radius 1 is 1.24 bits per heavy atom. The van der Waals surface area contributed by atoms with Crippen molar-refractivity contribution in [1.82, 2.24) is 5.32 Å². The number of carbonyl (C=O) groups excluding carboxylic acids is 1. The highest BCUT2D eigenvalue weighted by Gasteiger charge is 2.12. The number of hydrogen-bond donors (Lipinski definition) is 3. The van der Waals surface area contributed by atoms with Crippen molar-refractivity contribution in [3.8, 4) is 11.8 Å². The standard InChI is InChI=1S/C18H19N3O4/c1-24-17(25-2)11-20-10-12(9-19)18(23)21-15-7-3-6-14-13(15)5-4-8-16(14)22/h3-8,10,17,20,22H,11H2,1-2H3,(H,21,23)/b12-10-. The number of phenolic OH excluding ortho intramolecular Hbond substituents is 1. The minimum Gasteiger partial charge on any atom is -0.507 e. The summed E-state index contributed by atoms with van der Waals surface area (Å²) in [5.74, 6) is -0.436. The quantitative estimate of drug-likeness (QED) is 0.405. The van der Waals surface area contributed by atoms with Gasteiger partial charge in [-0.2, -0.15) is 5.26 Å². The molecule has 0 unspecified atom stereocenters. The highest BCUT2D eigenvalue weighted by Crippen LogP contribution is 2.29. The van der Waals surface area contributed by atoms with Crippen molar-refractivity contribution >= 4 is 22.4 Å². The fourth-order valence-electron chi connectivity index (χ4n) is 2.26. The van der Waals surface area contributed by atoms with E-state index < -0.39 is 12.2 Å². The van der Waals surface area contributed by atoms with Crippen LogP contribution in [0.15, 0.2) is 48.2 Å². The summed E-state index contributed by atoms with van der Waals surface area (Å²) in [7, 11) is 2.99. The van der Waals surface area contributed by atoms with E-state index in [0.29, 0.717) is 16.5 Å². The number of phenols is 1. The molecule has 0 aliphatic carbocycles. The normalized spacial score (nSPS) is 11.4. The third-order valence-electron chi connectivity index (χ3n) is 3.57. The number of methoxy groups -OCH3 is 2. The first kappa shape index (κ1) is 18.3. The van der Waals surface area contributed by atoms with Crippen LogP contribution >= 0.6 is 0 Å². The van der Waals surface area contributed by atoms with E-state index >= 15 is 0 Å². The van der Waals surface area contributed by atoms with Gasteiger partial charge in [0.1, 0.15) is 17.4 Å². The molecule has 0 bridgehead atoms. The highest BCUT2D eigenvalue weighted by molar-refractivity contribution is 6.11. The average Bonchev–Trinajstić information content (AvgIpc) is 2.63. The van der Waals surface area contributed by atoms with Crippen LogP contribution in [0, 0.1) is 11.3 Å². The van der Waals surface area contributed by atoms with Gasteiger partial charge in [-0.1, -0.05) is 24.3 Å². The lowest BCUT2D eigenvalue weighted by molar-refractivity contribution is -0.112. The maximum absolute atomic E-state index is 12.3. The van der Waals surface area contributed by atoms with E-state index in [1.807, 2.05) is 6.07 Å². The second-order valence-corrected chi connectivity index (χ2v) is 5.11. The molecule has 7 nitrogen and oxygen atoms in total. The summed E-state index contributed by atoms with van der Waals surface area (Å²) in [5.41, 5.74) is 0.411. The van der Waals surface area contributed by atoms with Crippen molar-refractivity contribution in [3.63, 3.8) is 0 Å². The van der Waals surface area contributed by atoms with Crippen molar-refractivity contribution in [2.45, 2.75) is 6.29 Å². The molecule has 2 aromatic carbocycles. The molecule has 2 aromatic rings. The lowest BCUT2D eigenvalue weighted by atomic mass is 10.1. The zero-order chi connectivity index (χ0) is 18.2. The predicted molar refractivity (Wildman–Crippen MR) is 93.7 cm³/mol. The lowest BCUT2D eigenvalue weighted by Gasteiger charge is -2.13. The molecule has 0 aliphatic rings. The number of aromatic hydroxyl groups is 1. The van der Waals surface area contributed by atoms with Crippen molar-refractivity contribution in [2.24, 2.45) is 0 Å². The number of anilines is 1. The summed E-state index contributed by atoms with van der Waals surface area (Å²) in [4.78, 5) is 12.3. The molecule has 7 heteroatoms. The number of amides is 1. The number of carbonyl (C=O) groups is 1. The fourth-order valence-corrected chi connectivity index (χ4v) is 2.26. The second-order valence-electron chi connectivity index (χ2n) is 5.11. The Labute approximate surface area is 145 Å². The Morgan fingerprint density at radius 2 is 1.92 bits per heavy atom. The second kappa shape index (κ2) is 8.68. The number of ether oxygens (including phenoxy) is 2. The van der Waals surface area contributed by atoms with Gasteiger partial charge in [0.05, 0.1) is 6.54 Å². The van der Waals surface area contributed by atoms with E-state index in [-0.39, 0.29) is 17.9 Å². The summed E-state index contributed by atoms with van der Waals surface area (Å²) in [5, 5.41) is 25.9. The molecule has 1 amide bonds. The zero-order valence-corrected chi connectivity index (χ0v) is 13.9. The third kappa shape index (κ3) is 4.47. The molecule has 0 fully saturated rings.